The molecule has 14 heavy (non-hydrogen) atoms. The van der Waals surface area contributed by atoms with Gasteiger partial charge in [-0.15, -0.1) is 0 Å². The van der Waals surface area contributed by atoms with Gasteiger partial charge >= 0.3 is 0 Å². The Hall–Kier alpha value is -1.92. The third-order valence-corrected chi connectivity index (χ3v) is 1.43. The van der Waals surface area contributed by atoms with Gasteiger partial charge in [0.05, 0.1) is 0 Å². The molecule has 1 atom stereocenters. The van der Waals surface area contributed by atoms with Crippen LogP contribution >= 0.6 is 0 Å². The summed E-state index contributed by atoms with van der Waals surface area (Å²) in [4.78, 5) is 20.6. The van der Waals surface area contributed by atoms with Crippen molar-refractivity contribution in [2.45, 2.75) is 13.0 Å². The second kappa shape index (κ2) is 5.68. The molecule has 0 aromatic carbocycles. The van der Waals surface area contributed by atoms with Crippen molar-refractivity contribution in [3.05, 3.63) is 22.3 Å². The molecule has 0 radical (unpaired) electrons. The van der Waals surface area contributed by atoms with E-state index in [1.54, 1.807) is 0 Å². The van der Waals surface area contributed by atoms with E-state index in [1.807, 2.05) is 0 Å². The molecule has 1 amide bonds. The lowest BCUT2D eigenvalue weighted by atomic mass is 10.2. The molecule has 0 saturated carbocycles. The number of hydrogen-bond acceptors (Lipinski definition) is 5. The number of amides is 1. The SMILES string of the molecule is CNC(=O)C(/C=C/[C@H](C)[N+](=O)[O-])=N\O. The lowest BCUT2D eigenvalue weighted by molar-refractivity contribution is -0.504. The molecule has 78 valence electrons. The number of nitrogens with one attached hydrogen (secondary N) is 1. The predicted molar refractivity (Wildman–Crippen MR) is 48.9 cm³/mol. The Bertz CT molecular complexity index is 285. The normalized spacial score (nSPS) is 14.0. The van der Waals surface area contributed by atoms with Crippen LogP contribution in [0.2, 0.25) is 0 Å². The van der Waals surface area contributed by atoms with Crippen LogP contribution in [-0.4, -0.2) is 34.8 Å². The summed E-state index contributed by atoms with van der Waals surface area (Å²) in [5.41, 5.74) is -0.277. The summed E-state index contributed by atoms with van der Waals surface area (Å²) in [5.74, 6) is -0.612. The Morgan fingerprint density at radius 2 is 2.29 bits per heavy atom. The zero-order valence-electron chi connectivity index (χ0n) is 7.80. The number of rotatable bonds is 4. The summed E-state index contributed by atoms with van der Waals surface area (Å²) in [7, 11) is 1.36. The fourth-order valence-corrected chi connectivity index (χ4v) is 0.583. The molecule has 0 heterocycles. The fraction of sp³-hybridized carbons (Fsp3) is 0.429. The minimum Gasteiger partial charge on any atom is -0.410 e. The van der Waals surface area contributed by atoms with Crippen LogP contribution in [0.5, 0.6) is 0 Å². The van der Waals surface area contributed by atoms with E-state index in [2.05, 4.69) is 10.5 Å². The van der Waals surface area contributed by atoms with Crippen LogP contribution in [-0.2, 0) is 4.79 Å². The Morgan fingerprint density at radius 1 is 1.71 bits per heavy atom. The number of carbonyl (C=O) groups is 1. The molecule has 0 aliphatic rings. The van der Waals surface area contributed by atoms with Gasteiger partial charge in [-0.05, 0) is 12.2 Å². The molecule has 0 saturated heterocycles. The average Bonchev–Trinajstić information content (AvgIpc) is 2.17. The van der Waals surface area contributed by atoms with Crippen LogP contribution in [0.15, 0.2) is 17.3 Å². The van der Waals surface area contributed by atoms with Gasteiger partial charge in [-0.25, -0.2) is 0 Å². The second-order valence-electron chi connectivity index (χ2n) is 2.45. The van der Waals surface area contributed by atoms with Crippen LogP contribution < -0.4 is 5.32 Å². The van der Waals surface area contributed by atoms with E-state index in [4.69, 9.17) is 5.21 Å². The smallest absolute Gasteiger partial charge is 0.273 e. The van der Waals surface area contributed by atoms with Gasteiger partial charge in [0.15, 0.2) is 5.71 Å². The monoisotopic (exact) mass is 201 g/mol. The molecule has 7 heteroatoms. The van der Waals surface area contributed by atoms with Crippen LogP contribution in [0, 0.1) is 10.1 Å². The molecular formula is C7H11N3O4. The van der Waals surface area contributed by atoms with Crippen LogP contribution in [0.1, 0.15) is 6.92 Å². The van der Waals surface area contributed by atoms with E-state index in [-0.39, 0.29) is 5.71 Å². The van der Waals surface area contributed by atoms with Gasteiger partial charge in [0.1, 0.15) is 0 Å². The molecule has 7 nitrogen and oxygen atoms in total. The van der Waals surface area contributed by atoms with Gasteiger partial charge < -0.3 is 10.5 Å². The Labute approximate surface area is 80.2 Å². The van der Waals surface area contributed by atoms with Crippen molar-refractivity contribution >= 4 is 11.6 Å². The zero-order valence-corrected chi connectivity index (χ0v) is 7.80. The molecule has 0 aromatic heterocycles. The zero-order chi connectivity index (χ0) is 11.1. The minimum atomic E-state index is -0.934. The number of hydrogen-bond donors (Lipinski definition) is 2. The maximum absolute atomic E-state index is 10.9. The first kappa shape index (κ1) is 12.1. The number of carbonyl (C=O) groups excluding carboxylic acids is 1. The summed E-state index contributed by atoms with van der Waals surface area (Å²) in [6.07, 6.45) is 2.25. The largest absolute Gasteiger partial charge is 0.410 e. The maximum Gasteiger partial charge on any atom is 0.273 e. The van der Waals surface area contributed by atoms with Crippen molar-refractivity contribution in [3.8, 4) is 0 Å². The molecular weight excluding hydrogens is 190 g/mol. The average molecular weight is 201 g/mol. The summed E-state index contributed by atoms with van der Waals surface area (Å²) >= 11 is 0. The van der Waals surface area contributed by atoms with E-state index < -0.39 is 16.9 Å². The standard InChI is InChI=1S/C7H11N3O4/c1-5(10(13)14)3-4-6(9-12)7(11)8-2/h3-5,12H,1-2H3,(H,8,11)/b4-3+,9-6-/t5-/m0/s1. The van der Waals surface area contributed by atoms with Gasteiger partial charge in [0, 0.05) is 18.9 Å². The third kappa shape index (κ3) is 3.65. The highest BCUT2D eigenvalue weighted by Gasteiger charge is 2.10. The minimum absolute atomic E-state index is 0.277. The molecule has 0 aliphatic carbocycles. The van der Waals surface area contributed by atoms with E-state index in [1.165, 1.54) is 14.0 Å². The molecule has 0 bridgehead atoms. The van der Waals surface area contributed by atoms with Gasteiger partial charge in [-0.1, -0.05) is 5.16 Å². The van der Waals surface area contributed by atoms with E-state index in [0.717, 1.165) is 12.2 Å². The number of nitrogens with zero attached hydrogens (tertiary/aromatic N) is 2. The molecule has 0 aliphatic heterocycles. The summed E-state index contributed by atoms with van der Waals surface area (Å²) in [6, 6.07) is -0.934. The van der Waals surface area contributed by atoms with Crippen LogP contribution in [0.25, 0.3) is 0 Å². The lowest BCUT2D eigenvalue weighted by Gasteiger charge is -1.97. The maximum atomic E-state index is 10.9. The third-order valence-electron chi connectivity index (χ3n) is 1.43. The van der Waals surface area contributed by atoms with Gasteiger partial charge in [-0.3, -0.25) is 14.9 Å². The Balaban J connectivity index is 4.48. The summed E-state index contributed by atoms with van der Waals surface area (Å²) in [6.45, 7) is 1.34. The quantitative estimate of drug-likeness (QED) is 0.284. The van der Waals surface area contributed by atoms with Crippen molar-refractivity contribution in [2.75, 3.05) is 7.05 Å². The fourth-order valence-electron chi connectivity index (χ4n) is 0.583. The molecule has 0 rings (SSSR count). The highest BCUT2D eigenvalue weighted by Crippen LogP contribution is 1.92. The van der Waals surface area contributed by atoms with Gasteiger partial charge in [-0.2, -0.15) is 0 Å². The van der Waals surface area contributed by atoms with Crippen LogP contribution in [0.4, 0.5) is 0 Å². The van der Waals surface area contributed by atoms with E-state index >= 15 is 0 Å². The molecule has 0 unspecified atom stereocenters. The second-order valence-corrected chi connectivity index (χ2v) is 2.45. The Kier molecular flexibility index (Phi) is 4.90. The van der Waals surface area contributed by atoms with Crippen molar-refractivity contribution in [3.63, 3.8) is 0 Å². The summed E-state index contributed by atoms with van der Waals surface area (Å²) < 4.78 is 0. The van der Waals surface area contributed by atoms with Crippen molar-refractivity contribution in [2.24, 2.45) is 5.16 Å². The van der Waals surface area contributed by atoms with Crippen molar-refractivity contribution in [1.82, 2.24) is 5.32 Å². The first-order chi connectivity index (χ1) is 6.52. The first-order valence-corrected chi connectivity index (χ1v) is 3.78. The molecule has 2 N–H and O–H groups in total. The number of oxime groups is 1. The van der Waals surface area contributed by atoms with Gasteiger partial charge in [0.2, 0.25) is 6.04 Å². The van der Waals surface area contributed by atoms with Gasteiger partial charge in [0.25, 0.3) is 5.91 Å². The predicted octanol–water partition coefficient (Wildman–Crippen LogP) is -0.216. The Morgan fingerprint density at radius 3 is 2.64 bits per heavy atom. The molecule has 0 aromatic rings. The molecule has 0 spiro atoms. The number of nitro groups is 1. The highest BCUT2D eigenvalue weighted by molar-refractivity contribution is 6.43. The first-order valence-electron chi connectivity index (χ1n) is 3.78. The van der Waals surface area contributed by atoms with Crippen molar-refractivity contribution < 1.29 is 14.9 Å². The van der Waals surface area contributed by atoms with E-state index in [9.17, 15) is 14.9 Å². The molecule has 0 fully saturated rings. The lowest BCUT2D eigenvalue weighted by Crippen LogP contribution is -2.26. The summed E-state index contributed by atoms with van der Waals surface area (Å²) in [5, 5.41) is 23.5. The van der Waals surface area contributed by atoms with Crippen molar-refractivity contribution in [1.29, 1.82) is 0 Å². The van der Waals surface area contributed by atoms with E-state index in [0.29, 0.717) is 0 Å². The van der Waals surface area contributed by atoms with Crippen LogP contribution in [0.3, 0.4) is 0 Å². The topological polar surface area (TPSA) is 105 Å². The highest BCUT2D eigenvalue weighted by atomic mass is 16.6.